The number of aliphatic imine (C=N–C) groups is 1. The van der Waals surface area contributed by atoms with Crippen LogP contribution in [0.3, 0.4) is 0 Å². The monoisotopic (exact) mass is 380 g/mol. The Labute approximate surface area is 146 Å². The average molecular weight is 381 g/mol. The highest BCUT2D eigenvalue weighted by Crippen LogP contribution is 2.20. The Morgan fingerprint density at radius 1 is 1.39 bits per heavy atom. The van der Waals surface area contributed by atoms with Gasteiger partial charge in [-0.3, -0.25) is 9.79 Å². The van der Waals surface area contributed by atoms with Gasteiger partial charge in [-0.15, -0.1) is 0 Å². The highest BCUT2D eigenvalue weighted by Gasteiger charge is 2.19. The summed E-state index contributed by atoms with van der Waals surface area (Å²) >= 11 is 3.42. The molecule has 6 heteroatoms. The first-order chi connectivity index (χ1) is 11.0. The number of anilines is 1. The van der Waals surface area contributed by atoms with Crippen LogP contribution in [0.4, 0.5) is 5.69 Å². The van der Waals surface area contributed by atoms with Gasteiger partial charge in [0.1, 0.15) is 0 Å². The molecule has 126 valence electrons. The van der Waals surface area contributed by atoms with Crippen molar-refractivity contribution in [2.45, 2.75) is 26.7 Å². The van der Waals surface area contributed by atoms with E-state index < -0.39 is 0 Å². The van der Waals surface area contributed by atoms with Crippen LogP contribution < -0.4 is 10.6 Å². The van der Waals surface area contributed by atoms with Gasteiger partial charge in [0.15, 0.2) is 5.96 Å². The van der Waals surface area contributed by atoms with E-state index in [-0.39, 0.29) is 12.5 Å². The Morgan fingerprint density at radius 3 is 2.74 bits per heavy atom. The van der Waals surface area contributed by atoms with E-state index in [0.29, 0.717) is 0 Å². The summed E-state index contributed by atoms with van der Waals surface area (Å²) in [7, 11) is 1.76. The van der Waals surface area contributed by atoms with E-state index >= 15 is 0 Å². The second-order valence-electron chi connectivity index (χ2n) is 6.08. The first kappa shape index (κ1) is 17.8. The minimum absolute atomic E-state index is 0.0715. The van der Waals surface area contributed by atoms with Gasteiger partial charge < -0.3 is 15.5 Å². The van der Waals surface area contributed by atoms with Crippen LogP contribution in [0.5, 0.6) is 0 Å². The highest BCUT2D eigenvalue weighted by atomic mass is 79.9. The molecular weight excluding hydrogens is 356 g/mol. The minimum atomic E-state index is -0.0715. The predicted molar refractivity (Wildman–Crippen MR) is 98.8 cm³/mol. The summed E-state index contributed by atoms with van der Waals surface area (Å²) in [5.74, 6) is 1.50. The predicted octanol–water partition coefficient (Wildman–Crippen LogP) is 3.00. The van der Waals surface area contributed by atoms with Gasteiger partial charge >= 0.3 is 0 Å². The van der Waals surface area contributed by atoms with Crippen molar-refractivity contribution in [3.63, 3.8) is 0 Å². The van der Waals surface area contributed by atoms with E-state index in [2.05, 4.69) is 43.4 Å². The standard InChI is InChI=1S/C17H25BrN4O/c1-12-6-8-22(9-7-12)17(19-3)20-11-16(23)21-15-10-14(18)5-4-13(15)2/h4-5,10,12H,6-9,11H2,1-3H3,(H,19,20)(H,21,23). The number of hydrogen-bond donors (Lipinski definition) is 2. The van der Waals surface area contributed by atoms with Gasteiger partial charge in [0.05, 0.1) is 6.54 Å². The van der Waals surface area contributed by atoms with E-state index in [9.17, 15) is 4.79 Å². The third kappa shape index (κ3) is 5.23. The zero-order valence-electron chi connectivity index (χ0n) is 14.0. The van der Waals surface area contributed by atoms with E-state index in [4.69, 9.17) is 0 Å². The third-order valence-electron chi connectivity index (χ3n) is 4.18. The van der Waals surface area contributed by atoms with Crippen LogP contribution in [0.2, 0.25) is 0 Å². The number of guanidine groups is 1. The number of nitrogens with one attached hydrogen (secondary N) is 2. The van der Waals surface area contributed by atoms with E-state index in [0.717, 1.165) is 40.7 Å². The lowest BCUT2D eigenvalue weighted by molar-refractivity contribution is -0.115. The minimum Gasteiger partial charge on any atom is -0.347 e. The maximum absolute atomic E-state index is 12.2. The molecule has 1 saturated heterocycles. The summed E-state index contributed by atoms with van der Waals surface area (Å²) in [6.45, 7) is 6.45. The maximum Gasteiger partial charge on any atom is 0.243 e. The summed E-state index contributed by atoms with van der Waals surface area (Å²) in [4.78, 5) is 18.7. The van der Waals surface area contributed by atoms with Gasteiger partial charge in [0.2, 0.25) is 5.91 Å². The molecule has 0 bridgehead atoms. The molecule has 1 aromatic carbocycles. The molecule has 2 N–H and O–H groups in total. The van der Waals surface area contributed by atoms with Crippen molar-refractivity contribution < 1.29 is 4.79 Å². The van der Waals surface area contributed by atoms with E-state index in [1.54, 1.807) is 7.05 Å². The van der Waals surface area contributed by atoms with Crippen molar-refractivity contribution in [2.75, 3.05) is 32.0 Å². The molecule has 0 aliphatic carbocycles. The molecule has 2 rings (SSSR count). The quantitative estimate of drug-likeness (QED) is 0.625. The Hall–Kier alpha value is -1.56. The smallest absolute Gasteiger partial charge is 0.243 e. The fourth-order valence-corrected chi connectivity index (χ4v) is 3.00. The Kier molecular flexibility index (Phi) is 6.45. The average Bonchev–Trinajstić information content (AvgIpc) is 2.53. The van der Waals surface area contributed by atoms with Crippen molar-refractivity contribution in [3.05, 3.63) is 28.2 Å². The van der Waals surface area contributed by atoms with Gasteiger partial charge in [-0.05, 0) is 43.4 Å². The molecular formula is C17H25BrN4O. The van der Waals surface area contributed by atoms with Gasteiger partial charge in [0.25, 0.3) is 0 Å². The normalized spacial score (nSPS) is 16.3. The van der Waals surface area contributed by atoms with Crippen molar-refractivity contribution in [1.82, 2.24) is 10.2 Å². The van der Waals surface area contributed by atoms with Crippen LogP contribution in [0, 0.1) is 12.8 Å². The summed E-state index contributed by atoms with van der Waals surface area (Å²) in [5, 5.41) is 6.10. The lowest BCUT2D eigenvalue weighted by atomic mass is 10.00. The molecule has 1 aromatic rings. The number of benzene rings is 1. The number of carbonyl (C=O) groups is 1. The fourth-order valence-electron chi connectivity index (χ4n) is 2.64. The Bertz CT molecular complexity index is 580. The molecule has 0 radical (unpaired) electrons. The van der Waals surface area contributed by atoms with E-state index in [1.165, 1.54) is 12.8 Å². The molecule has 0 atom stereocenters. The van der Waals surface area contributed by atoms with Crippen LogP contribution in [0.15, 0.2) is 27.7 Å². The van der Waals surface area contributed by atoms with Crippen LogP contribution in [-0.4, -0.2) is 43.4 Å². The molecule has 1 aliphatic rings. The number of aryl methyl sites for hydroxylation is 1. The molecule has 0 saturated carbocycles. The molecule has 1 fully saturated rings. The summed E-state index contributed by atoms with van der Waals surface area (Å²) in [6.07, 6.45) is 2.34. The third-order valence-corrected chi connectivity index (χ3v) is 4.67. The summed E-state index contributed by atoms with van der Waals surface area (Å²) in [6, 6.07) is 5.84. The van der Waals surface area contributed by atoms with E-state index in [1.807, 2.05) is 25.1 Å². The second kappa shape index (κ2) is 8.34. The fraction of sp³-hybridized carbons (Fsp3) is 0.529. The number of rotatable bonds is 3. The second-order valence-corrected chi connectivity index (χ2v) is 6.99. The first-order valence-corrected chi connectivity index (χ1v) is 8.80. The van der Waals surface area contributed by atoms with Gasteiger partial charge in [0, 0.05) is 30.3 Å². The number of halogens is 1. The van der Waals surface area contributed by atoms with Crippen molar-refractivity contribution >= 4 is 33.5 Å². The van der Waals surface area contributed by atoms with Crippen LogP contribution in [0.1, 0.15) is 25.3 Å². The number of hydrogen-bond acceptors (Lipinski definition) is 2. The highest BCUT2D eigenvalue weighted by molar-refractivity contribution is 9.10. The van der Waals surface area contributed by atoms with Gasteiger partial charge in [-0.2, -0.15) is 0 Å². The lowest BCUT2D eigenvalue weighted by Gasteiger charge is -2.32. The molecule has 1 aliphatic heterocycles. The molecule has 23 heavy (non-hydrogen) atoms. The largest absolute Gasteiger partial charge is 0.347 e. The van der Waals surface area contributed by atoms with Crippen molar-refractivity contribution in [2.24, 2.45) is 10.9 Å². The maximum atomic E-state index is 12.2. The Balaban J connectivity index is 1.86. The molecule has 1 amide bonds. The molecule has 1 heterocycles. The number of likely N-dealkylation sites (tertiary alicyclic amines) is 1. The summed E-state index contributed by atoms with van der Waals surface area (Å²) < 4.78 is 0.949. The zero-order valence-corrected chi connectivity index (χ0v) is 15.6. The Morgan fingerprint density at radius 2 is 2.09 bits per heavy atom. The molecule has 0 aromatic heterocycles. The lowest BCUT2D eigenvalue weighted by Crippen LogP contribution is -2.47. The van der Waals surface area contributed by atoms with Gasteiger partial charge in [-0.1, -0.05) is 28.9 Å². The first-order valence-electron chi connectivity index (χ1n) is 8.01. The zero-order chi connectivity index (χ0) is 16.8. The number of piperidine rings is 1. The number of carbonyl (C=O) groups excluding carboxylic acids is 1. The molecule has 5 nitrogen and oxygen atoms in total. The van der Waals surface area contributed by atoms with Crippen LogP contribution in [0.25, 0.3) is 0 Å². The number of amides is 1. The topological polar surface area (TPSA) is 56.7 Å². The van der Waals surface area contributed by atoms with Gasteiger partial charge in [-0.25, -0.2) is 0 Å². The summed E-state index contributed by atoms with van der Waals surface area (Å²) in [5.41, 5.74) is 1.86. The SMILES string of the molecule is CN=C(NCC(=O)Nc1cc(Br)ccc1C)N1CCC(C)CC1. The molecule has 0 unspecified atom stereocenters. The van der Waals surface area contributed by atoms with Crippen molar-refractivity contribution in [1.29, 1.82) is 0 Å². The molecule has 0 spiro atoms. The van der Waals surface area contributed by atoms with Crippen LogP contribution >= 0.6 is 15.9 Å². The van der Waals surface area contributed by atoms with Crippen LogP contribution in [-0.2, 0) is 4.79 Å². The van der Waals surface area contributed by atoms with Crippen molar-refractivity contribution in [3.8, 4) is 0 Å². The number of nitrogens with zero attached hydrogens (tertiary/aromatic N) is 2.